The molecule has 0 aromatic rings. The minimum Gasteiger partial charge on any atom is -0.465 e. The quantitative estimate of drug-likeness (QED) is 0.428. The molecule has 0 fully saturated rings. The Bertz CT molecular complexity index is 299. The minimum atomic E-state index is -0.416. The number of hydrogen-bond donors (Lipinski definition) is 0. The summed E-state index contributed by atoms with van der Waals surface area (Å²) in [5.74, 6) is -1.30. The zero-order valence-corrected chi connectivity index (χ0v) is 14.3. The summed E-state index contributed by atoms with van der Waals surface area (Å²) in [6.45, 7) is 10.8. The van der Waals surface area contributed by atoms with Crippen molar-refractivity contribution in [1.82, 2.24) is 0 Å². The zero-order valence-electron chi connectivity index (χ0n) is 14.3. The van der Waals surface area contributed by atoms with Gasteiger partial charge >= 0.3 is 11.9 Å². The predicted molar refractivity (Wildman–Crippen MR) is 83.8 cm³/mol. The Morgan fingerprint density at radius 1 is 0.857 bits per heavy atom. The number of hydrogen-bond acceptors (Lipinski definition) is 4. The Labute approximate surface area is 129 Å². The van der Waals surface area contributed by atoms with E-state index in [4.69, 9.17) is 9.47 Å². The Balaban J connectivity index is 4.70. The maximum atomic E-state index is 12.3. The number of carbonyl (C=O) groups is 2. The molecule has 4 heteroatoms. The van der Waals surface area contributed by atoms with E-state index in [1.54, 1.807) is 0 Å². The molecule has 0 aliphatic rings. The first kappa shape index (κ1) is 19.9. The standard InChI is InChI=1S/C17H32O4/c1-6-9-11-20-16(18)14(8-3)15(13(4)5)17(19)21-12-10-7-2/h13-15H,6-12H2,1-5H3. The fourth-order valence-corrected chi connectivity index (χ4v) is 2.31. The van der Waals surface area contributed by atoms with E-state index in [0.29, 0.717) is 19.6 Å². The van der Waals surface area contributed by atoms with E-state index in [-0.39, 0.29) is 17.9 Å². The molecule has 0 aliphatic heterocycles. The highest BCUT2D eigenvalue weighted by Crippen LogP contribution is 2.27. The van der Waals surface area contributed by atoms with Crippen molar-refractivity contribution >= 4 is 11.9 Å². The Morgan fingerprint density at radius 3 is 1.71 bits per heavy atom. The van der Waals surface area contributed by atoms with Crippen LogP contribution in [0.2, 0.25) is 0 Å². The Morgan fingerprint density at radius 2 is 1.33 bits per heavy atom. The average Bonchev–Trinajstić information content (AvgIpc) is 2.44. The highest BCUT2D eigenvalue weighted by atomic mass is 16.5. The van der Waals surface area contributed by atoms with Crippen LogP contribution in [-0.2, 0) is 19.1 Å². The molecule has 124 valence electrons. The molecular weight excluding hydrogens is 268 g/mol. The monoisotopic (exact) mass is 300 g/mol. The molecular formula is C17H32O4. The summed E-state index contributed by atoms with van der Waals surface area (Å²) >= 11 is 0. The molecule has 0 aliphatic carbocycles. The van der Waals surface area contributed by atoms with Crippen LogP contribution in [0.25, 0.3) is 0 Å². The van der Waals surface area contributed by atoms with Gasteiger partial charge in [0.15, 0.2) is 0 Å². The molecule has 0 heterocycles. The third kappa shape index (κ3) is 7.49. The van der Waals surface area contributed by atoms with Gasteiger partial charge in [0.05, 0.1) is 25.0 Å². The van der Waals surface area contributed by atoms with Gasteiger partial charge in [0.25, 0.3) is 0 Å². The summed E-state index contributed by atoms with van der Waals surface area (Å²) in [6.07, 6.45) is 4.27. The average molecular weight is 300 g/mol. The second-order valence-electron chi connectivity index (χ2n) is 5.83. The highest BCUT2D eigenvalue weighted by Gasteiger charge is 2.36. The lowest BCUT2D eigenvalue weighted by Crippen LogP contribution is -2.36. The molecule has 2 unspecified atom stereocenters. The van der Waals surface area contributed by atoms with Crippen LogP contribution in [-0.4, -0.2) is 25.2 Å². The summed E-state index contributed by atoms with van der Waals surface area (Å²) in [6, 6.07) is 0. The molecule has 0 saturated heterocycles. The van der Waals surface area contributed by atoms with Crippen molar-refractivity contribution in [2.24, 2.45) is 17.8 Å². The third-order valence-electron chi connectivity index (χ3n) is 3.65. The number of unbranched alkanes of at least 4 members (excludes halogenated alkanes) is 2. The third-order valence-corrected chi connectivity index (χ3v) is 3.65. The van der Waals surface area contributed by atoms with Gasteiger partial charge in [0, 0.05) is 0 Å². The Hall–Kier alpha value is -1.06. The second-order valence-corrected chi connectivity index (χ2v) is 5.83. The number of ether oxygens (including phenoxy) is 2. The molecule has 0 rings (SSSR count). The SMILES string of the molecule is CCCCOC(=O)C(CC)C(C(=O)OCCCC)C(C)C. The predicted octanol–water partition coefficient (Wildman–Crippen LogP) is 3.97. The van der Waals surface area contributed by atoms with Crippen LogP contribution < -0.4 is 0 Å². The van der Waals surface area contributed by atoms with Gasteiger partial charge in [-0.1, -0.05) is 47.5 Å². The van der Waals surface area contributed by atoms with Gasteiger partial charge in [-0.15, -0.1) is 0 Å². The second kappa shape index (κ2) is 11.6. The lowest BCUT2D eigenvalue weighted by atomic mass is 9.82. The molecule has 0 aromatic heterocycles. The van der Waals surface area contributed by atoms with Crippen LogP contribution >= 0.6 is 0 Å². The maximum absolute atomic E-state index is 12.3. The van der Waals surface area contributed by atoms with Gasteiger partial charge in [-0.05, 0) is 25.2 Å². The number of esters is 2. The van der Waals surface area contributed by atoms with Gasteiger partial charge in [0.1, 0.15) is 0 Å². The summed E-state index contributed by atoms with van der Waals surface area (Å²) in [4.78, 5) is 24.5. The first-order valence-corrected chi connectivity index (χ1v) is 8.32. The van der Waals surface area contributed by atoms with E-state index in [2.05, 4.69) is 0 Å². The fourth-order valence-electron chi connectivity index (χ4n) is 2.31. The van der Waals surface area contributed by atoms with Crippen LogP contribution in [0.3, 0.4) is 0 Å². The molecule has 2 atom stereocenters. The van der Waals surface area contributed by atoms with Crippen LogP contribution in [0.1, 0.15) is 66.7 Å². The largest absolute Gasteiger partial charge is 0.465 e. The topological polar surface area (TPSA) is 52.6 Å². The van der Waals surface area contributed by atoms with E-state index in [1.807, 2.05) is 34.6 Å². The summed E-state index contributed by atoms with van der Waals surface area (Å²) in [7, 11) is 0. The van der Waals surface area contributed by atoms with Crippen molar-refractivity contribution in [1.29, 1.82) is 0 Å². The molecule has 0 aromatic carbocycles. The minimum absolute atomic E-state index is 0.0581. The lowest BCUT2D eigenvalue weighted by molar-refractivity contribution is -0.163. The van der Waals surface area contributed by atoms with E-state index in [1.165, 1.54) is 0 Å². The van der Waals surface area contributed by atoms with Crippen LogP contribution in [0.15, 0.2) is 0 Å². The van der Waals surface area contributed by atoms with Gasteiger partial charge in [-0.2, -0.15) is 0 Å². The van der Waals surface area contributed by atoms with Crippen molar-refractivity contribution < 1.29 is 19.1 Å². The van der Waals surface area contributed by atoms with Crippen LogP contribution in [0, 0.1) is 17.8 Å². The van der Waals surface area contributed by atoms with Gasteiger partial charge in [-0.3, -0.25) is 9.59 Å². The molecule has 0 amide bonds. The van der Waals surface area contributed by atoms with Crippen molar-refractivity contribution in [3.05, 3.63) is 0 Å². The van der Waals surface area contributed by atoms with Crippen molar-refractivity contribution in [3.8, 4) is 0 Å². The van der Waals surface area contributed by atoms with Crippen LogP contribution in [0.5, 0.6) is 0 Å². The number of carbonyl (C=O) groups excluding carboxylic acids is 2. The molecule has 21 heavy (non-hydrogen) atoms. The van der Waals surface area contributed by atoms with Gasteiger partial charge in [-0.25, -0.2) is 0 Å². The van der Waals surface area contributed by atoms with Crippen molar-refractivity contribution in [2.45, 2.75) is 66.7 Å². The first-order valence-electron chi connectivity index (χ1n) is 8.32. The normalized spacial score (nSPS) is 13.8. The van der Waals surface area contributed by atoms with Crippen molar-refractivity contribution in [3.63, 3.8) is 0 Å². The van der Waals surface area contributed by atoms with E-state index < -0.39 is 11.8 Å². The number of rotatable bonds is 11. The lowest BCUT2D eigenvalue weighted by Gasteiger charge is -2.26. The molecule has 0 N–H and O–H groups in total. The summed E-state index contributed by atoms with van der Waals surface area (Å²) in [5, 5.41) is 0. The summed E-state index contributed by atoms with van der Waals surface area (Å²) < 4.78 is 10.6. The maximum Gasteiger partial charge on any atom is 0.310 e. The summed E-state index contributed by atoms with van der Waals surface area (Å²) in [5.41, 5.74) is 0. The van der Waals surface area contributed by atoms with Crippen LogP contribution in [0.4, 0.5) is 0 Å². The van der Waals surface area contributed by atoms with E-state index >= 15 is 0 Å². The van der Waals surface area contributed by atoms with Crippen molar-refractivity contribution in [2.75, 3.05) is 13.2 Å². The smallest absolute Gasteiger partial charge is 0.310 e. The van der Waals surface area contributed by atoms with Gasteiger partial charge < -0.3 is 9.47 Å². The Kier molecular flexibility index (Phi) is 11.0. The van der Waals surface area contributed by atoms with Gasteiger partial charge in [0.2, 0.25) is 0 Å². The molecule has 0 radical (unpaired) electrons. The van der Waals surface area contributed by atoms with E-state index in [0.717, 1.165) is 25.7 Å². The van der Waals surface area contributed by atoms with E-state index in [9.17, 15) is 9.59 Å². The first-order chi connectivity index (χ1) is 9.99. The molecule has 4 nitrogen and oxygen atoms in total. The molecule has 0 bridgehead atoms. The fraction of sp³-hybridized carbons (Fsp3) is 0.882. The molecule has 0 spiro atoms. The zero-order chi connectivity index (χ0) is 16.3. The molecule has 0 saturated carbocycles. The highest BCUT2D eigenvalue weighted by molar-refractivity contribution is 5.82.